The highest BCUT2D eigenvalue weighted by molar-refractivity contribution is 8.03. The number of hydrogen-bond acceptors (Lipinski definition) is 5. The van der Waals surface area contributed by atoms with E-state index >= 15 is 0 Å². The van der Waals surface area contributed by atoms with E-state index in [2.05, 4.69) is 10.3 Å². The zero-order valence-corrected chi connectivity index (χ0v) is 16.1. The number of β-lactam (4-membered cyclic amide) rings is 1. The first kappa shape index (κ1) is 63.1. The van der Waals surface area contributed by atoms with Gasteiger partial charge in [-0.25, -0.2) is 4.79 Å². The fourth-order valence-electron chi connectivity index (χ4n) is 1.86. The normalized spacial score (nSPS) is 14.4. The summed E-state index contributed by atoms with van der Waals surface area (Å²) in [7, 11) is 1.73. The van der Waals surface area contributed by atoms with Crippen LogP contribution in [0.5, 0.6) is 0 Å². The van der Waals surface area contributed by atoms with Crippen LogP contribution in [0.3, 0.4) is 0 Å². The first-order chi connectivity index (χ1) is 8.58. The molecule has 19 nitrogen and oxygen atoms in total. The molecule has 0 saturated carbocycles. The van der Waals surface area contributed by atoms with Gasteiger partial charge in [0.25, 0.3) is 5.91 Å². The first-order valence-electron chi connectivity index (χ1n) is 5.08. The molecule has 0 unspecified atom stereocenters. The lowest BCUT2D eigenvalue weighted by Crippen LogP contribution is -2.51. The number of aryl methyl sites for hydroxylation is 1. The lowest BCUT2D eigenvalue weighted by Gasteiger charge is -2.36. The number of carbonyl (C=O) groups excluding carboxylic acids is 1. The number of thioether (sulfide) groups is 1. The van der Waals surface area contributed by atoms with Crippen LogP contribution in [0.25, 0.3) is 6.08 Å². The van der Waals surface area contributed by atoms with Crippen molar-refractivity contribution < 1.29 is 80.4 Å². The second kappa shape index (κ2) is 22.7. The molecule has 0 bridgehead atoms. The van der Waals surface area contributed by atoms with Gasteiger partial charge in [0.2, 0.25) is 0 Å². The summed E-state index contributed by atoms with van der Waals surface area (Å²) >= 11 is 1.31. The molecule has 3 heterocycles. The van der Waals surface area contributed by atoms with E-state index in [9.17, 15) is 9.59 Å². The number of carbonyl (C=O) groups is 2. The number of aliphatic carboxylic acids is 1. The van der Waals surface area contributed by atoms with Crippen LogP contribution in [0, 0.1) is 0 Å². The van der Waals surface area contributed by atoms with E-state index in [1.54, 1.807) is 19.3 Å². The molecule has 20 heteroatoms. The molecular formula is C10H32N4O15S. The van der Waals surface area contributed by atoms with Gasteiger partial charge in [0, 0.05) is 12.5 Å². The van der Waals surface area contributed by atoms with Crippen molar-refractivity contribution >= 4 is 29.7 Å². The van der Waals surface area contributed by atoms with Crippen LogP contribution in [0.15, 0.2) is 22.9 Å². The number of fused-ring (bicyclic) bond motifs is 1. The highest BCUT2D eigenvalue weighted by Crippen LogP contribution is 2.44. The van der Waals surface area contributed by atoms with Crippen molar-refractivity contribution in [1.29, 1.82) is 0 Å². The van der Waals surface area contributed by atoms with Gasteiger partial charge in [-0.3, -0.25) is 14.4 Å². The molecule has 0 aromatic carbocycles. The lowest BCUT2D eigenvalue weighted by molar-refractivity contribution is -0.141. The van der Waals surface area contributed by atoms with Crippen LogP contribution in [-0.2, 0) is 16.6 Å². The maximum atomic E-state index is 11.9. The number of nitrogens with zero attached hydrogens (tertiary/aromatic N) is 4. The molecule has 2 aliphatic heterocycles. The van der Waals surface area contributed by atoms with E-state index in [1.165, 1.54) is 26.8 Å². The van der Waals surface area contributed by atoms with Crippen molar-refractivity contribution in [2.24, 2.45) is 7.05 Å². The summed E-state index contributed by atoms with van der Waals surface area (Å²) in [6, 6.07) is 0. The summed E-state index contributed by atoms with van der Waals surface area (Å²) in [6.45, 7) is 0. The van der Waals surface area contributed by atoms with Crippen LogP contribution >= 0.6 is 11.8 Å². The average molecular weight is 480 g/mol. The monoisotopic (exact) mass is 480 g/mol. The van der Waals surface area contributed by atoms with Gasteiger partial charge < -0.3 is 70.8 Å². The predicted octanol–water partition coefficient (Wildman–Crippen LogP) is -9.86. The number of hydrogen-bond donors (Lipinski definition) is 1. The molecule has 0 aliphatic carbocycles. The smallest absolute Gasteiger partial charge is 0.353 e. The standard InChI is InChI=1S/C10H8N4O3S.12H2O/c1-13-3-5(11-12-13)2-6-8(15)14-7(10(16)17)4-18-9(6)14;;;;;;;;;;;;/h2-4,9H,1H3,(H,16,17);12*1H2/b6-2-;;;;;;;;;;;;/t9-;;;;;;;;;;;;/m1............/s1. The molecule has 1 aromatic rings. The van der Waals surface area contributed by atoms with Gasteiger partial charge >= 0.3 is 5.97 Å². The second-order valence-corrected chi connectivity index (χ2v) is 4.84. The Bertz CT molecular complexity index is 637. The van der Waals surface area contributed by atoms with Gasteiger partial charge in [0.15, 0.2) is 0 Å². The van der Waals surface area contributed by atoms with Gasteiger partial charge in [0.1, 0.15) is 16.8 Å². The quantitative estimate of drug-likeness (QED) is 0.315. The van der Waals surface area contributed by atoms with Crippen LogP contribution < -0.4 is 0 Å². The van der Waals surface area contributed by atoms with Crippen molar-refractivity contribution in [2.75, 3.05) is 0 Å². The van der Waals surface area contributed by atoms with Crippen molar-refractivity contribution in [3.8, 4) is 0 Å². The van der Waals surface area contributed by atoms with E-state index in [0.717, 1.165) is 0 Å². The van der Waals surface area contributed by atoms with E-state index in [1.807, 2.05) is 0 Å². The Morgan fingerprint density at radius 1 is 1.00 bits per heavy atom. The van der Waals surface area contributed by atoms with Gasteiger partial charge in [-0.05, 0) is 6.08 Å². The maximum Gasteiger partial charge on any atom is 0.353 e. The minimum absolute atomic E-state index is 0. The summed E-state index contributed by atoms with van der Waals surface area (Å²) in [6.07, 6.45) is 3.33. The fourth-order valence-corrected chi connectivity index (χ4v) is 2.98. The Morgan fingerprint density at radius 3 is 1.83 bits per heavy atom. The molecule has 1 atom stereocenters. The summed E-state index contributed by atoms with van der Waals surface area (Å²) in [5.41, 5.74) is 1.17. The van der Waals surface area contributed by atoms with Crippen LogP contribution in [0.2, 0.25) is 0 Å². The third kappa shape index (κ3) is 9.76. The Morgan fingerprint density at radius 2 is 1.47 bits per heavy atom. The van der Waals surface area contributed by atoms with Crippen molar-refractivity contribution in [3.05, 3.63) is 28.6 Å². The number of amides is 1. The van der Waals surface area contributed by atoms with Gasteiger partial charge in [-0.1, -0.05) is 5.21 Å². The van der Waals surface area contributed by atoms with E-state index in [0.29, 0.717) is 11.3 Å². The van der Waals surface area contributed by atoms with Crippen molar-refractivity contribution in [2.45, 2.75) is 5.37 Å². The Hall–Kier alpha value is -2.57. The molecule has 1 aromatic heterocycles. The summed E-state index contributed by atoms with van der Waals surface area (Å²) < 4.78 is 1.54. The average Bonchev–Trinajstić information content (AvgIpc) is 2.89. The predicted molar refractivity (Wildman–Crippen MR) is 106 cm³/mol. The van der Waals surface area contributed by atoms with Gasteiger partial charge in [-0.2, -0.15) is 0 Å². The molecule has 1 fully saturated rings. The highest BCUT2D eigenvalue weighted by atomic mass is 32.2. The minimum atomic E-state index is -1.09. The van der Waals surface area contributed by atoms with E-state index in [-0.39, 0.29) is 82.7 Å². The highest BCUT2D eigenvalue weighted by Gasteiger charge is 2.49. The lowest BCUT2D eigenvalue weighted by atomic mass is 10.0. The molecule has 0 radical (unpaired) electrons. The Balaban J connectivity index is -0.0000000417. The maximum absolute atomic E-state index is 11.9. The molecule has 188 valence electrons. The zero-order chi connectivity index (χ0) is 12.9. The third-order valence-electron chi connectivity index (χ3n) is 2.68. The van der Waals surface area contributed by atoms with Crippen LogP contribution in [0.1, 0.15) is 5.69 Å². The van der Waals surface area contributed by atoms with Crippen molar-refractivity contribution in [3.63, 3.8) is 0 Å². The number of carboxylic acid groups (broad SMARTS) is 1. The molecular weight excluding hydrogens is 448 g/mol. The Labute approximate surface area is 172 Å². The Kier molecular flexibility index (Phi) is 47.8. The molecule has 25 N–H and O–H groups in total. The van der Waals surface area contributed by atoms with Crippen molar-refractivity contribution in [1.82, 2.24) is 19.9 Å². The molecule has 30 heavy (non-hydrogen) atoms. The van der Waals surface area contributed by atoms with E-state index < -0.39 is 5.97 Å². The number of aromatic nitrogens is 3. The van der Waals surface area contributed by atoms with Crippen LogP contribution in [-0.4, -0.2) is 108 Å². The molecule has 0 spiro atoms. The summed E-state index contributed by atoms with van der Waals surface area (Å²) in [4.78, 5) is 24.0. The first-order valence-corrected chi connectivity index (χ1v) is 6.02. The van der Waals surface area contributed by atoms with Crippen LogP contribution in [0.4, 0.5) is 0 Å². The molecule has 1 saturated heterocycles. The topological polar surface area (TPSA) is 466 Å². The fraction of sp³-hybridized carbons (Fsp3) is 0.200. The molecule has 3 rings (SSSR count). The SMILES string of the molecule is Cn1cc(/C=C2/C(=O)N3C(C(=O)O)=CS[C@H]23)nn1.O.O.O.O.O.O.O.O.O.O.O.O. The minimum Gasteiger partial charge on any atom is -0.477 e. The number of carboxylic acids is 1. The molecule has 2 aliphatic rings. The van der Waals surface area contributed by atoms with Gasteiger partial charge in [0.05, 0.1) is 11.8 Å². The van der Waals surface area contributed by atoms with Gasteiger partial charge in [-0.15, -0.1) is 16.9 Å². The largest absolute Gasteiger partial charge is 0.477 e. The third-order valence-corrected chi connectivity index (χ3v) is 3.76. The summed E-state index contributed by atoms with van der Waals surface area (Å²) in [5.74, 6) is -1.37. The van der Waals surface area contributed by atoms with E-state index in [4.69, 9.17) is 5.11 Å². The summed E-state index contributed by atoms with van der Waals surface area (Å²) in [5, 5.41) is 17.8. The zero-order valence-electron chi connectivity index (χ0n) is 15.3. The second-order valence-electron chi connectivity index (χ2n) is 3.89. The number of rotatable bonds is 2. The molecule has 1 amide bonds.